The third-order valence-electron chi connectivity index (χ3n) is 5.56. The molecular weight excluding hydrogens is 364 g/mol. The van der Waals surface area contributed by atoms with Crippen LogP contribution < -0.4 is 5.32 Å². The number of carbonyl (C=O) groups is 2. The number of carbonyl (C=O) groups excluding carboxylic acids is 2. The average Bonchev–Trinajstić information content (AvgIpc) is 3.23. The molecule has 0 saturated carbocycles. The molecule has 1 fully saturated rings. The van der Waals surface area contributed by atoms with Gasteiger partial charge in [-0.25, -0.2) is 0 Å². The fraction of sp³-hybridized carbons (Fsp3) is 0.417. The van der Waals surface area contributed by atoms with Gasteiger partial charge in [0.2, 0.25) is 5.91 Å². The molecule has 2 aromatic rings. The number of hydrogen-bond donors (Lipinski definition) is 1. The van der Waals surface area contributed by atoms with Crippen molar-refractivity contribution >= 4 is 17.5 Å². The first-order valence-electron chi connectivity index (χ1n) is 10.3. The van der Waals surface area contributed by atoms with Crippen molar-refractivity contribution in [2.75, 3.05) is 25.0 Å². The van der Waals surface area contributed by atoms with E-state index in [1.54, 1.807) is 4.90 Å². The second-order valence-electron chi connectivity index (χ2n) is 7.67. The van der Waals surface area contributed by atoms with Gasteiger partial charge in [-0.2, -0.15) is 0 Å². The maximum absolute atomic E-state index is 13.1. The summed E-state index contributed by atoms with van der Waals surface area (Å²) in [6, 6.07) is 13.4. The van der Waals surface area contributed by atoms with Gasteiger partial charge in [0.15, 0.2) is 0 Å². The van der Waals surface area contributed by atoms with Crippen LogP contribution in [0, 0.1) is 13.8 Å². The number of aryl methyl sites for hydroxylation is 2. The first-order valence-corrected chi connectivity index (χ1v) is 10.3. The average molecular weight is 395 g/mol. The fourth-order valence-corrected chi connectivity index (χ4v) is 3.57. The van der Waals surface area contributed by atoms with Crippen molar-refractivity contribution in [2.45, 2.75) is 46.1 Å². The van der Waals surface area contributed by atoms with Crippen molar-refractivity contribution in [3.63, 3.8) is 0 Å². The molecule has 0 aliphatic carbocycles. The van der Waals surface area contributed by atoms with Crippen molar-refractivity contribution < 1.29 is 14.3 Å². The molecule has 1 heterocycles. The van der Waals surface area contributed by atoms with Crippen molar-refractivity contribution in [3.8, 4) is 0 Å². The summed E-state index contributed by atoms with van der Waals surface area (Å²) in [5.41, 5.74) is 4.71. The van der Waals surface area contributed by atoms with Gasteiger partial charge in [-0.15, -0.1) is 0 Å². The van der Waals surface area contributed by atoms with Crippen LogP contribution in [-0.4, -0.2) is 42.5 Å². The molecule has 1 aliphatic rings. The second-order valence-corrected chi connectivity index (χ2v) is 7.67. The van der Waals surface area contributed by atoms with Crippen LogP contribution >= 0.6 is 0 Å². The minimum Gasteiger partial charge on any atom is -0.376 e. The number of anilines is 1. The predicted octanol–water partition coefficient (Wildman–Crippen LogP) is 4.13. The molecule has 1 atom stereocenters. The molecule has 1 aliphatic heterocycles. The van der Waals surface area contributed by atoms with Gasteiger partial charge in [0.25, 0.3) is 5.91 Å². The minimum absolute atomic E-state index is 0.00159. The van der Waals surface area contributed by atoms with E-state index in [2.05, 4.69) is 12.2 Å². The maximum Gasteiger partial charge on any atom is 0.254 e. The van der Waals surface area contributed by atoms with Gasteiger partial charge in [0.05, 0.1) is 6.10 Å². The first kappa shape index (κ1) is 21.1. The fourth-order valence-electron chi connectivity index (χ4n) is 3.57. The number of benzene rings is 2. The second kappa shape index (κ2) is 9.70. The number of ether oxygens (including phenoxy) is 1. The molecule has 0 bridgehead atoms. The Morgan fingerprint density at radius 3 is 2.55 bits per heavy atom. The van der Waals surface area contributed by atoms with Crippen LogP contribution in [0.2, 0.25) is 0 Å². The Kier molecular flexibility index (Phi) is 7.04. The van der Waals surface area contributed by atoms with Crippen LogP contribution in [0.4, 0.5) is 5.69 Å². The zero-order chi connectivity index (χ0) is 20.8. The highest BCUT2D eigenvalue weighted by Gasteiger charge is 2.25. The van der Waals surface area contributed by atoms with Gasteiger partial charge in [-0.05, 0) is 68.0 Å². The molecule has 3 rings (SSSR count). The lowest BCUT2D eigenvalue weighted by Gasteiger charge is -2.25. The Hall–Kier alpha value is -2.66. The molecular formula is C24H30N2O3. The van der Waals surface area contributed by atoms with E-state index in [4.69, 9.17) is 4.74 Å². The third kappa shape index (κ3) is 5.45. The van der Waals surface area contributed by atoms with Gasteiger partial charge in [0, 0.05) is 24.4 Å². The lowest BCUT2D eigenvalue weighted by atomic mass is 10.1. The Bertz CT molecular complexity index is 855. The van der Waals surface area contributed by atoms with E-state index in [0.29, 0.717) is 18.7 Å². The zero-order valence-electron chi connectivity index (χ0n) is 17.5. The Labute approximate surface area is 173 Å². The number of amides is 2. The van der Waals surface area contributed by atoms with Gasteiger partial charge >= 0.3 is 0 Å². The van der Waals surface area contributed by atoms with Gasteiger partial charge < -0.3 is 15.0 Å². The molecule has 0 spiro atoms. The maximum atomic E-state index is 13.1. The smallest absolute Gasteiger partial charge is 0.254 e. The summed E-state index contributed by atoms with van der Waals surface area (Å²) >= 11 is 0. The topological polar surface area (TPSA) is 58.6 Å². The van der Waals surface area contributed by atoms with Gasteiger partial charge in [-0.3, -0.25) is 9.59 Å². The van der Waals surface area contributed by atoms with Crippen LogP contribution in [0.5, 0.6) is 0 Å². The first-order chi connectivity index (χ1) is 14.0. The highest BCUT2D eigenvalue weighted by molar-refractivity contribution is 5.99. The normalized spacial score (nSPS) is 15.9. The molecule has 2 amide bonds. The molecule has 5 nitrogen and oxygen atoms in total. The number of rotatable bonds is 7. The van der Waals surface area contributed by atoms with Crippen molar-refractivity contribution in [1.82, 2.24) is 4.90 Å². The van der Waals surface area contributed by atoms with Crippen molar-refractivity contribution in [1.29, 1.82) is 0 Å². The molecule has 0 radical (unpaired) electrons. The Morgan fingerprint density at radius 1 is 1.14 bits per heavy atom. The van der Waals surface area contributed by atoms with Crippen LogP contribution in [0.1, 0.15) is 46.8 Å². The third-order valence-corrected chi connectivity index (χ3v) is 5.56. The molecule has 2 aromatic carbocycles. The number of nitrogens with one attached hydrogen (secondary N) is 1. The van der Waals surface area contributed by atoms with Crippen molar-refractivity contribution in [2.24, 2.45) is 0 Å². The summed E-state index contributed by atoms with van der Waals surface area (Å²) in [4.78, 5) is 27.5. The van der Waals surface area contributed by atoms with Crippen LogP contribution in [0.15, 0.2) is 42.5 Å². The highest BCUT2D eigenvalue weighted by atomic mass is 16.5. The Morgan fingerprint density at radius 2 is 1.90 bits per heavy atom. The van der Waals surface area contributed by atoms with E-state index < -0.39 is 0 Å². The zero-order valence-corrected chi connectivity index (χ0v) is 17.5. The summed E-state index contributed by atoms with van der Waals surface area (Å²) in [6.07, 6.45) is 2.82. The van der Waals surface area contributed by atoms with E-state index in [1.165, 1.54) is 5.56 Å². The van der Waals surface area contributed by atoms with Gasteiger partial charge in [0.1, 0.15) is 6.54 Å². The summed E-state index contributed by atoms with van der Waals surface area (Å²) in [6.45, 7) is 7.22. The van der Waals surface area contributed by atoms with E-state index in [1.807, 2.05) is 56.3 Å². The lowest BCUT2D eigenvalue weighted by Crippen LogP contribution is -2.42. The standard InChI is InChI=1S/C24H30N2O3/c1-4-19-10-12-20(13-11-19)24(28)26(15-21-8-6-14-29-21)16-23(27)25-22-9-5-7-17(2)18(22)3/h5,7,9-13,21H,4,6,8,14-16H2,1-3H3,(H,25,27). The minimum atomic E-state index is -0.199. The predicted molar refractivity (Wildman–Crippen MR) is 115 cm³/mol. The van der Waals surface area contributed by atoms with E-state index >= 15 is 0 Å². The van der Waals surface area contributed by atoms with E-state index in [-0.39, 0.29) is 24.5 Å². The molecule has 1 saturated heterocycles. The van der Waals surface area contributed by atoms with E-state index in [9.17, 15) is 9.59 Å². The molecule has 1 N–H and O–H groups in total. The lowest BCUT2D eigenvalue weighted by molar-refractivity contribution is -0.117. The largest absolute Gasteiger partial charge is 0.376 e. The number of hydrogen-bond acceptors (Lipinski definition) is 3. The van der Waals surface area contributed by atoms with Crippen LogP contribution in [0.3, 0.4) is 0 Å². The van der Waals surface area contributed by atoms with E-state index in [0.717, 1.165) is 36.1 Å². The molecule has 29 heavy (non-hydrogen) atoms. The van der Waals surface area contributed by atoms with Crippen LogP contribution in [0.25, 0.3) is 0 Å². The molecule has 0 aromatic heterocycles. The number of nitrogens with zero attached hydrogens (tertiary/aromatic N) is 1. The molecule has 5 heteroatoms. The molecule has 1 unspecified atom stereocenters. The summed E-state index contributed by atoms with van der Waals surface area (Å²) in [7, 11) is 0. The Balaban J connectivity index is 1.74. The molecule has 154 valence electrons. The van der Waals surface area contributed by atoms with Gasteiger partial charge in [-0.1, -0.05) is 31.2 Å². The summed E-state index contributed by atoms with van der Waals surface area (Å²) in [5, 5.41) is 2.96. The SMILES string of the molecule is CCc1ccc(C(=O)N(CC(=O)Nc2cccc(C)c2C)CC2CCCO2)cc1. The highest BCUT2D eigenvalue weighted by Crippen LogP contribution is 2.19. The summed E-state index contributed by atoms with van der Waals surface area (Å²) in [5.74, 6) is -0.338. The quantitative estimate of drug-likeness (QED) is 0.768. The van der Waals surface area contributed by atoms with Crippen LogP contribution in [-0.2, 0) is 16.0 Å². The monoisotopic (exact) mass is 394 g/mol. The van der Waals surface area contributed by atoms with Crippen molar-refractivity contribution in [3.05, 3.63) is 64.7 Å². The summed E-state index contributed by atoms with van der Waals surface area (Å²) < 4.78 is 5.72.